The molecule has 1 aliphatic heterocycles. The molecule has 0 radical (unpaired) electrons. The Bertz CT molecular complexity index is 827. The summed E-state index contributed by atoms with van der Waals surface area (Å²) in [5.74, 6) is -0.100. The van der Waals surface area contributed by atoms with E-state index in [1.54, 1.807) is 35.6 Å². The average Bonchev–Trinajstić information content (AvgIpc) is 3.34. The van der Waals surface area contributed by atoms with Crippen molar-refractivity contribution in [1.82, 2.24) is 4.31 Å². The molecule has 6 nitrogen and oxygen atoms in total. The van der Waals surface area contributed by atoms with Crippen molar-refractivity contribution in [3.8, 4) is 0 Å². The van der Waals surface area contributed by atoms with Gasteiger partial charge in [-0.3, -0.25) is 4.79 Å². The number of nitrogens with two attached hydrogens (primary N) is 1. The Hall–Kier alpha value is -1.74. The zero-order valence-corrected chi connectivity index (χ0v) is 16.4. The van der Waals surface area contributed by atoms with E-state index in [1.165, 1.54) is 9.18 Å². The molecule has 140 valence electrons. The third-order valence-corrected chi connectivity index (χ3v) is 7.30. The molecule has 8 heteroatoms. The van der Waals surface area contributed by atoms with E-state index >= 15 is 0 Å². The lowest BCUT2D eigenvalue weighted by atomic mass is 10.2. The van der Waals surface area contributed by atoms with Gasteiger partial charge in [-0.1, -0.05) is 6.07 Å². The minimum atomic E-state index is -3.42. The average molecular weight is 395 g/mol. The van der Waals surface area contributed by atoms with Gasteiger partial charge in [0.1, 0.15) is 6.54 Å². The summed E-state index contributed by atoms with van der Waals surface area (Å²) in [5.41, 5.74) is 0.603. The fraction of sp³-hybridized carbons (Fsp3) is 0.389. The number of hydrogen-bond donors (Lipinski definition) is 2. The number of quaternary nitrogens is 1. The number of benzene rings is 1. The topological polar surface area (TPSA) is 83.1 Å². The maximum Gasteiger partial charge on any atom is 0.282 e. The first kappa shape index (κ1) is 19.0. The number of rotatable bonds is 7. The quantitative estimate of drug-likeness (QED) is 0.749. The molecule has 1 fully saturated rings. The molecule has 1 aromatic carbocycles. The molecule has 0 spiro atoms. The van der Waals surface area contributed by atoms with Crippen LogP contribution < -0.4 is 10.6 Å². The van der Waals surface area contributed by atoms with Gasteiger partial charge in [0.25, 0.3) is 5.91 Å². The molecule has 0 saturated carbocycles. The molecule has 1 aromatic heterocycles. The van der Waals surface area contributed by atoms with E-state index in [9.17, 15) is 13.2 Å². The van der Waals surface area contributed by atoms with Crippen LogP contribution in [0, 0.1) is 0 Å². The number of sulfonamides is 1. The number of anilines is 1. The number of carbonyl (C=O) groups is 1. The second-order valence-electron chi connectivity index (χ2n) is 6.43. The molecule has 2 aromatic rings. The number of nitrogens with zero attached hydrogens (tertiary/aromatic N) is 1. The molecular formula is C18H24N3O3S2+. The number of amides is 1. The van der Waals surface area contributed by atoms with Crippen molar-refractivity contribution in [2.75, 3.05) is 18.4 Å². The monoisotopic (exact) mass is 394 g/mol. The Morgan fingerprint density at radius 1 is 1.23 bits per heavy atom. The van der Waals surface area contributed by atoms with Crippen LogP contribution in [0.25, 0.3) is 0 Å². The summed E-state index contributed by atoms with van der Waals surface area (Å²) in [6, 6.07) is 10.2. The smallest absolute Gasteiger partial charge is 0.282 e. The first-order valence-corrected chi connectivity index (χ1v) is 11.1. The van der Waals surface area contributed by atoms with Crippen molar-refractivity contribution in [2.45, 2.75) is 37.2 Å². The number of nitrogens with one attached hydrogen (secondary N) is 1. The highest BCUT2D eigenvalue weighted by atomic mass is 32.2. The van der Waals surface area contributed by atoms with Crippen LogP contribution in [-0.2, 0) is 21.4 Å². The molecule has 1 amide bonds. The molecule has 1 saturated heterocycles. The molecule has 1 atom stereocenters. The van der Waals surface area contributed by atoms with Crippen LogP contribution in [0.15, 0.2) is 46.7 Å². The molecular weight excluding hydrogens is 370 g/mol. The highest BCUT2D eigenvalue weighted by Crippen LogP contribution is 2.22. The molecule has 0 unspecified atom stereocenters. The summed E-state index contributed by atoms with van der Waals surface area (Å²) >= 11 is 1.67. The van der Waals surface area contributed by atoms with Crippen molar-refractivity contribution in [3.05, 3.63) is 46.7 Å². The minimum Gasteiger partial charge on any atom is -0.332 e. The largest absolute Gasteiger partial charge is 0.332 e. The highest BCUT2D eigenvalue weighted by molar-refractivity contribution is 7.89. The lowest BCUT2D eigenvalue weighted by Gasteiger charge is -2.16. The molecule has 0 bridgehead atoms. The van der Waals surface area contributed by atoms with Crippen LogP contribution in [0.2, 0.25) is 0 Å². The van der Waals surface area contributed by atoms with E-state index in [-0.39, 0.29) is 16.8 Å². The van der Waals surface area contributed by atoms with Crippen molar-refractivity contribution in [1.29, 1.82) is 0 Å². The second-order valence-corrected chi connectivity index (χ2v) is 9.40. The Morgan fingerprint density at radius 3 is 2.54 bits per heavy atom. The van der Waals surface area contributed by atoms with Gasteiger partial charge in [-0.25, -0.2) is 8.42 Å². The Labute approximate surface area is 158 Å². The first-order chi connectivity index (χ1) is 12.5. The fourth-order valence-corrected chi connectivity index (χ4v) is 5.07. The van der Waals surface area contributed by atoms with Gasteiger partial charge < -0.3 is 10.6 Å². The van der Waals surface area contributed by atoms with Crippen molar-refractivity contribution >= 4 is 33.0 Å². The summed E-state index contributed by atoms with van der Waals surface area (Å²) in [6.45, 7) is 3.78. The van der Waals surface area contributed by atoms with E-state index in [0.29, 0.717) is 18.8 Å². The Morgan fingerprint density at radius 2 is 1.92 bits per heavy atom. The summed E-state index contributed by atoms with van der Waals surface area (Å²) in [5, 5.41) is 6.84. The van der Waals surface area contributed by atoms with Crippen LogP contribution in [-0.4, -0.2) is 37.8 Å². The molecule has 3 rings (SSSR count). The van der Waals surface area contributed by atoms with Crippen LogP contribution >= 0.6 is 11.3 Å². The zero-order valence-electron chi connectivity index (χ0n) is 14.7. The number of thiophene rings is 1. The summed E-state index contributed by atoms with van der Waals surface area (Å²) in [4.78, 5) is 13.8. The molecule has 1 aliphatic rings. The third kappa shape index (κ3) is 4.50. The standard InChI is InChI=1S/C18H23N3O3S2/c1-14(19-13-16-5-4-12-25-16)18(22)20-15-6-8-17(9-7-15)26(23,24)21-10-2-3-11-21/h4-9,12,14,19H,2-3,10-11,13H2,1H3,(H,20,22)/p+1/t14-/m1/s1. The van der Waals surface area contributed by atoms with Crippen LogP contribution in [0.1, 0.15) is 24.6 Å². The normalized spacial score (nSPS) is 16.5. The van der Waals surface area contributed by atoms with Gasteiger partial charge in [-0.2, -0.15) is 4.31 Å². The van der Waals surface area contributed by atoms with Crippen LogP contribution in [0.3, 0.4) is 0 Å². The van der Waals surface area contributed by atoms with E-state index in [1.807, 2.05) is 29.8 Å². The molecule has 0 aliphatic carbocycles. The van der Waals surface area contributed by atoms with E-state index in [4.69, 9.17) is 0 Å². The Kier molecular flexibility index (Phi) is 6.08. The molecule has 3 N–H and O–H groups in total. The van der Waals surface area contributed by atoms with Gasteiger partial charge in [0.05, 0.1) is 9.77 Å². The summed E-state index contributed by atoms with van der Waals surface area (Å²) in [7, 11) is -3.42. The molecule has 26 heavy (non-hydrogen) atoms. The first-order valence-electron chi connectivity index (χ1n) is 8.73. The number of hydrogen-bond acceptors (Lipinski definition) is 4. The lowest BCUT2D eigenvalue weighted by molar-refractivity contribution is -0.688. The third-order valence-electron chi connectivity index (χ3n) is 4.49. The van der Waals surface area contributed by atoms with Crippen LogP contribution in [0.4, 0.5) is 5.69 Å². The second kappa shape index (κ2) is 8.30. The van der Waals surface area contributed by atoms with Crippen molar-refractivity contribution in [3.63, 3.8) is 0 Å². The lowest BCUT2D eigenvalue weighted by Crippen LogP contribution is -2.90. The van der Waals surface area contributed by atoms with E-state index < -0.39 is 10.0 Å². The maximum absolute atomic E-state index is 12.5. The molecule has 2 heterocycles. The van der Waals surface area contributed by atoms with Gasteiger partial charge in [-0.05, 0) is 55.5 Å². The fourth-order valence-electron chi connectivity index (χ4n) is 2.87. The van der Waals surface area contributed by atoms with Gasteiger partial charge in [0.2, 0.25) is 10.0 Å². The van der Waals surface area contributed by atoms with E-state index in [0.717, 1.165) is 19.4 Å². The number of carbonyl (C=O) groups excluding carboxylic acids is 1. The predicted octanol–water partition coefficient (Wildman–Crippen LogP) is 1.62. The van der Waals surface area contributed by atoms with Crippen molar-refractivity contribution < 1.29 is 18.5 Å². The summed E-state index contributed by atoms with van der Waals surface area (Å²) in [6.07, 6.45) is 1.82. The zero-order chi connectivity index (χ0) is 18.6. The summed E-state index contributed by atoms with van der Waals surface area (Å²) < 4.78 is 26.5. The Balaban J connectivity index is 1.57. The van der Waals surface area contributed by atoms with Gasteiger partial charge in [-0.15, -0.1) is 11.3 Å². The predicted molar refractivity (Wildman–Crippen MR) is 102 cm³/mol. The maximum atomic E-state index is 12.5. The van der Waals surface area contributed by atoms with Crippen molar-refractivity contribution in [2.24, 2.45) is 0 Å². The minimum absolute atomic E-state index is 0.100. The highest BCUT2D eigenvalue weighted by Gasteiger charge is 2.27. The van der Waals surface area contributed by atoms with Crippen LogP contribution in [0.5, 0.6) is 0 Å². The van der Waals surface area contributed by atoms with Gasteiger partial charge >= 0.3 is 0 Å². The SMILES string of the molecule is C[C@@H]([NH2+]Cc1cccs1)C(=O)Nc1ccc(S(=O)(=O)N2CCCC2)cc1. The van der Waals surface area contributed by atoms with Gasteiger partial charge in [0.15, 0.2) is 6.04 Å². The van der Waals surface area contributed by atoms with Gasteiger partial charge in [0, 0.05) is 18.8 Å². The van der Waals surface area contributed by atoms with E-state index in [2.05, 4.69) is 5.32 Å².